The second kappa shape index (κ2) is 7.83. The molecule has 0 saturated heterocycles. The topological polar surface area (TPSA) is 20.3 Å². The molecule has 2 heteroatoms. The van der Waals surface area contributed by atoms with Gasteiger partial charge in [-0.25, -0.2) is 0 Å². The quantitative estimate of drug-likeness (QED) is 0.647. The van der Waals surface area contributed by atoms with Crippen LogP contribution in [-0.4, -0.2) is 30.3 Å². The van der Waals surface area contributed by atoms with Crippen molar-refractivity contribution in [2.45, 2.75) is 58.8 Å². The molecule has 1 aliphatic rings. The van der Waals surface area contributed by atoms with E-state index >= 15 is 0 Å². The maximum atomic E-state index is 11.9. The number of carbonyl (C=O) groups is 1. The lowest BCUT2D eigenvalue weighted by Crippen LogP contribution is -2.34. The van der Waals surface area contributed by atoms with Crippen LogP contribution in [0.1, 0.15) is 58.8 Å². The molecule has 1 saturated carbocycles. The largest absolute Gasteiger partial charge is 0.303 e. The van der Waals surface area contributed by atoms with Crippen LogP contribution < -0.4 is 0 Å². The van der Waals surface area contributed by atoms with E-state index in [1.807, 2.05) is 0 Å². The van der Waals surface area contributed by atoms with Gasteiger partial charge in [-0.1, -0.05) is 26.7 Å². The van der Waals surface area contributed by atoms with Gasteiger partial charge in [-0.3, -0.25) is 4.79 Å². The van der Waals surface area contributed by atoms with E-state index in [1.165, 1.54) is 25.7 Å². The summed E-state index contributed by atoms with van der Waals surface area (Å²) >= 11 is 0. The molecule has 0 radical (unpaired) electrons. The van der Waals surface area contributed by atoms with E-state index in [0.29, 0.717) is 11.7 Å². The Morgan fingerprint density at radius 2 is 1.81 bits per heavy atom. The van der Waals surface area contributed by atoms with Gasteiger partial charge in [0.25, 0.3) is 0 Å². The molecular formula is C14H27NO. The molecule has 1 atom stereocenters. The number of nitrogens with zero attached hydrogens (tertiary/aromatic N) is 1. The maximum absolute atomic E-state index is 11.9. The third-order valence-electron chi connectivity index (χ3n) is 3.49. The van der Waals surface area contributed by atoms with Crippen LogP contribution in [0.2, 0.25) is 0 Å². The highest BCUT2D eigenvalue weighted by atomic mass is 16.1. The van der Waals surface area contributed by atoms with Gasteiger partial charge < -0.3 is 4.90 Å². The molecule has 0 aliphatic heterocycles. The molecule has 2 nitrogen and oxygen atoms in total. The predicted octanol–water partition coefficient (Wildman–Crippen LogP) is 3.26. The Hall–Kier alpha value is -0.370. The van der Waals surface area contributed by atoms with E-state index in [0.717, 1.165) is 38.9 Å². The molecule has 1 unspecified atom stereocenters. The molecule has 0 aromatic rings. The van der Waals surface area contributed by atoms with Crippen LogP contribution in [-0.2, 0) is 4.79 Å². The highest BCUT2D eigenvalue weighted by Gasteiger charge is 2.22. The Bertz CT molecular complexity index is 197. The third-order valence-corrected chi connectivity index (χ3v) is 3.49. The molecule has 0 spiro atoms. The minimum atomic E-state index is 0.334. The Labute approximate surface area is 100 Å². The van der Waals surface area contributed by atoms with Crippen molar-refractivity contribution in [1.82, 2.24) is 4.90 Å². The zero-order valence-electron chi connectivity index (χ0n) is 11.0. The predicted molar refractivity (Wildman–Crippen MR) is 68.6 cm³/mol. The highest BCUT2D eigenvalue weighted by Crippen LogP contribution is 2.21. The van der Waals surface area contributed by atoms with Crippen molar-refractivity contribution in [2.24, 2.45) is 5.92 Å². The summed E-state index contributed by atoms with van der Waals surface area (Å²) in [6.45, 7) is 7.75. The number of hydrogen-bond acceptors (Lipinski definition) is 2. The Balaban J connectivity index is 2.43. The van der Waals surface area contributed by atoms with E-state index in [1.54, 1.807) is 0 Å². The van der Waals surface area contributed by atoms with Gasteiger partial charge in [0.05, 0.1) is 0 Å². The van der Waals surface area contributed by atoms with Gasteiger partial charge in [0.1, 0.15) is 5.78 Å². The lowest BCUT2D eigenvalue weighted by molar-refractivity contribution is -0.123. The van der Waals surface area contributed by atoms with E-state index < -0.39 is 0 Å². The van der Waals surface area contributed by atoms with Gasteiger partial charge in [0.15, 0.2) is 0 Å². The average Bonchev–Trinajstić information content (AvgIpc) is 2.45. The van der Waals surface area contributed by atoms with Gasteiger partial charge in [0, 0.05) is 18.9 Å². The Morgan fingerprint density at radius 1 is 1.12 bits per heavy atom. The maximum Gasteiger partial charge on any atom is 0.137 e. The summed E-state index contributed by atoms with van der Waals surface area (Å²) in [6.07, 6.45) is 7.98. The zero-order valence-corrected chi connectivity index (χ0v) is 11.0. The summed E-state index contributed by atoms with van der Waals surface area (Å²) in [4.78, 5) is 14.4. The van der Waals surface area contributed by atoms with Crippen LogP contribution in [0.4, 0.5) is 0 Å². The molecule has 0 N–H and O–H groups in total. The van der Waals surface area contributed by atoms with Crippen LogP contribution in [0.5, 0.6) is 0 Å². The number of rotatable bonds is 6. The second-order valence-electron chi connectivity index (χ2n) is 5.06. The molecule has 0 heterocycles. The first-order chi connectivity index (χ1) is 7.77. The molecule has 0 amide bonds. The average molecular weight is 225 g/mol. The number of ketones is 1. The summed E-state index contributed by atoms with van der Waals surface area (Å²) < 4.78 is 0. The molecular weight excluding hydrogens is 198 g/mol. The van der Waals surface area contributed by atoms with Crippen LogP contribution >= 0.6 is 0 Å². The van der Waals surface area contributed by atoms with Crippen LogP contribution in [0, 0.1) is 5.92 Å². The van der Waals surface area contributed by atoms with Crippen LogP contribution in [0.3, 0.4) is 0 Å². The van der Waals surface area contributed by atoms with Gasteiger partial charge >= 0.3 is 0 Å². The van der Waals surface area contributed by atoms with Gasteiger partial charge in [-0.15, -0.1) is 0 Å². The smallest absolute Gasteiger partial charge is 0.137 e. The van der Waals surface area contributed by atoms with Crippen molar-refractivity contribution in [2.75, 3.05) is 19.6 Å². The first-order valence-electron chi connectivity index (χ1n) is 7.03. The van der Waals surface area contributed by atoms with E-state index in [2.05, 4.69) is 18.7 Å². The molecule has 94 valence electrons. The third kappa shape index (κ3) is 4.65. The van der Waals surface area contributed by atoms with Crippen molar-refractivity contribution in [3.05, 3.63) is 0 Å². The van der Waals surface area contributed by atoms with Crippen molar-refractivity contribution < 1.29 is 4.79 Å². The molecule has 0 aromatic heterocycles. The minimum absolute atomic E-state index is 0.334. The standard InChI is InChI=1S/C14H27NO/c1-3-10-15(11-4-2)12-13-8-6-5-7-9-14(13)16/h13H,3-12H2,1-2H3. The molecule has 1 fully saturated rings. The lowest BCUT2D eigenvalue weighted by atomic mass is 9.98. The summed E-state index contributed by atoms with van der Waals surface area (Å²) in [5, 5.41) is 0. The lowest BCUT2D eigenvalue weighted by Gasteiger charge is -2.25. The van der Waals surface area contributed by atoms with Crippen LogP contribution in [0.15, 0.2) is 0 Å². The minimum Gasteiger partial charge on any atom is -0.303 e. The molecule has 1 rings (SSSR count). The Kier molecular flexibility index (Phi) is 6.70. The molecule has 0 aromatic carbocycles. The molecule has 0 bridgehead atoms. The van der Waals surface area contributed by atoms with Gasteiger partial charge in [-0.05, 0) is 38.8 Å². The zero-order chi connectivity index (χ0) is 11.8. The monoisotopic (exact) mass is 225 g/mol. The summed E-state index contributed by atoms with van der Waals surface area (Å²) in [5.41, 5.74) is 0. The summed E-state index contributed by atoms with van der Waals surface area (Å²) in [5.74, 6) is 0.857. The first-order valence-corrected chi connectivity index (χ1v) is 7.03. The highest BCUT2D eigenvalue weighted by molar-refractivity contribution is 5.81. The fourth-order valence-electron chi connectivity index (χ4n) is 2.66. The van der Waals surface area contributed by atoms with Gasteiger partial charge in [-0.2, -0.15) is 0 Å². The first kappa shape index (κ1) is 13.7. The summed E-state index contributed by atoms with van der Waals surface area (Å²) in [6, 6.07) is 0. The number of carbonyl (C=O) groups excluding carboxylic acids is 1. The van der Waals surface area contributed by atoms with Crippen molar-refractivity contribution in [3.8, 4) is 0 Å². The number of hydrogen-bond donors (Lipinski definition) is 0. The van der Waals surface area contributed by atoms with Crippen molar-refractivity contribution in [1.29, 1.82) is 0 Å². The molecule has 16 heavy (non-hydrogen) atoms. The number of Topliss-reactive ketones (excluding diaryl/α,β-unsaturated/α-hetero) is 1. The van der Waals surface area contributed by atoms with Crippen molar-refractivity contribution >= 4 is 5.78 Å². The fourth-order valence-corrected chi connectivity index (χ4v) is 2.66. The van der Waals surface area contributed by atoms with Gasteiger partial charge in [0.2, 0.25) is 0 Å². The van der Waals surface area contributed by atoms with E-state index in [-0.39, 0.29) is 0 Å². The van der Waals surface area contributed by atoms with E-state index in [9.17, 15) is 4.79 Å². The van der Waals surface area contributed by atoms with E-state index in [4.69, 9.17) is 0 Å². The van der Waals surface area contributed by atoms with Crippen molar-refractivity contribution in [3.63, 3.8) is 0 Å². The van der Waals surface area contributed by atoms with Crippen LogP contribution in [0.25, 0.3) is 0 Å². The summed E-state index contributed by atoms with van der Waals surface area (Å²) in [7, 11) is 0. The molecule has 1 aliphatic carbocycles. The SMILES string of the molecule is CCCN(CCC)CC1CCCCCC1=O. The fraction of sp³-hybridized carbons (Fsp3) is 0.929. The second-order valence-corrected chi connectivity index (χ2v) is 5.06. The Morgan fingerprint density at radius 3 is 2.44 bits per heavy atom. The normalized spacial score (nSPS) is 22.4.